The Hall–Kier alpha value is -2.27. The minimum absolute atomic E-state index is 0.0446. The summed E-state index contributed by atoms with van der Waals surface area (Å²) in [7, 11) is 4.21. The van der Waals surface area contributed by atoms with E-state index in [2.05, 4.69) is 0 Å². The molecule has 0 unspecified atom stereocenters. The lowest BCUT2D eigenvalue weighted by Gasteiger charge is -2.14. The Morgan fingerprint density at radius 3 is 2.39 bits per heavy atom. The second-order valence-corrected chi connectivity index (χ2v) is 5.15. The van der Waals surface area contributed by atoms with E-state index in [1.807, 2.05) is 0 Å². The zero-order valence-corrected chi connectivity index (χ0v) is 13.7. The van der Waals surface area contributed by atoms with Gasteiger partial charge < -0.3 is 14.2 Å². The van der Waals surface area contributed by atoms with Crippen LogP contribution in [0.1, 0.15) is 21.5 Å². The van der Waals surface area contributed by atoms with Crippen molar-refractivity contribution in [2.75, 3.05) is 21.3 Å². The molecular formula is C17H16ClFO4. The van der Waals surface area contributed by atoms with Gasteiger partial charge >= 0.3 is 5.97 Å². The molecule has 23 heavy (non-hydrogen) atoms. The van der Waals surface area contributed by atoms with Crippen LogP contribution in [0.2, 0.25) is 5.02 Å². The molecule has 2 aromatic carbocycles. The van der Waals surface area contributed by atoms with E-state index in [0.29, 0.717) is 22.6 Å². The first-order valence-corrected chi connectivity index (χ1v) is 7.15. The zero-order valence-electron chi connectivity index (χ0n) is 13.0. The smallest absolute Gasteiger partial charge is 0.341 e. The maximum atomic E-state index is 14.1. The summed E-state index contributed by atoms with van der Waals surface area (Å²) in [4.78, 5) is 11.9. The molecule has 0 fully saturated rings. The minimum atomic E-state index is -0.544. The van der Waals surface area contributed by atoms with Gasteiger partial charge in [0.2, 0.25) is 0 Å². The van der Waals surface area contributed by atoms with Crippen molar-refractivity contribution < 1.29 is 23.4 Å². The Morgan fingerprint density at radius 2 is 1.78 bits per heavy atom. The van der Waals surface area contributed by atoms with Gasteiger partial charge in [0.15, 0.2) is 0 Å². The summed E-state index contributed by atoms with van der Waals surface area (Å²) in [5.41, 5.74) is 1.26. The number of carbonyl (C=O) groups excluding carboxylic acids is 1. The molecule has 0 aromatic heterocycles. The van der Waals surface area contributed by atoms with E-state index < -0.39 is 11.8 Å². The van der Waals surface area contributed by atoms with E-state index in [9.17, 15) is 9.18 Å². The Morgan fingerprint density at radius 1 is 1.09 bits per heavy atom. The molecular weight excluding hydrogens is 323 g/mol. The molecule has 122 valence electrons. The van der Waals surface area contributed by atoms with Crippen LogP contribution in [0.4, 0.5) is 4.39 Å². The van der Waals surface area contributed by atoms with Crippen LogP contribution in [-0.4, -0.2) is 27.3 Å². The number of esters is 1. The molecule has 0 N–H and O–H groups in total. The van der Waals surface area contributed by atoms with E-state index in [1.165, 1.54) is 27.4 Å². The van der Waals surface area contributed by atoms with Gasteiger partial charge in [0, 0.05) is 12.5 Å². The van der Waals surface area contributed by atoms with E-state index in [-0.39, 0.29) is 17.0 Å². The van der Waals surface area contributed by atoms with Crippen LogP contribution in [0.25, 0.3) is 0 Å². The average Bonchev–Trinajstić information content (AvgIpc) is 2.57. The predicted molar refractivity (Wildman–Crippen MR) is 85.1 cm³/mol. The van der Waals surface area contributed by atoms with Crippen LogP contribution >= 0.6 is 11.6 Å². The van der Waals surface area contributed by atoms with Crippen molar-refractivity contribution in [2.24, 2.45) is 0 Å². The molecule has 0 bridgehead atoms. The molecule has 0 saturated carbocycles. The summed E-state index contributed by atoms with van der Waals surface area (Å²) in [6.45, 7) is 0. The number of methoxy groups -OCH3 is 3. The number of benzene rings is 2. The van der Waals surface area contributed by atoms with Crippen molar-refractivity contribution in [3.63, 3.8) is 0 Å². The molecule has 0 aliphatic carbocycles. The first-order valence-electron chi connectivity index (χ1n) is 6.78. The number of hydrogen-bond donors (Lipinski definition) is 0. The average molecular weight is 339 g/mol. The van der Waals surface area contributed by atoms with Gasteiger partial charge in [0.05, 0.1) is 26.4 Å². The van der Waals surface area contributed by atoms with Crippen LogP contribution in [0, 0.1) is 5.82 Å². The normalized spacial score (nSPS) is 10.3. The largest absolute Gasteiger partial charge is 0.496 e. The summed E-state index contributed by atoms with van der Waals surface area (Å²) in [5, 5.41) is 0.0446. The van der Waals surface area contributed by atoms with Crippen LogP contribution in [0.15, 0.2) is 30.3 Å². The highest BCUT2D eigenvalue weighted by molar-refractivity contribution is 6.30. The molecule has 0 spiro atoms. The fraction of sp³-hybridized carbons (Fsp3) is 0.235. The Balaban J connectivity index is 2.52. The quantitative estimate of drug-likeness (QED) is 0.776. The van der Waals surface area contributed by atoms with E-state index in [1.54, 1.807) is 24.3 Å². The molecule has 6 heteroatoms. The molecule has 0 amide bonds. The lowest BCUT2D eigenvalue weighted by atomic mass is 10.0. The fourth-order valence-corrected chi connectivity index (χ4v) is 2.46. The summed E-state index contributed by atoms with van der Waals surface area (Å²) in [6.07, 6.45) is 0.212. The second kappa shape index (κ2) is 7.33. The van der Waals surface area contributed by atoms with Gasteiger partial charge in [-0.05, 0) is 23.3 Å². The van der Waals surface area contributed by atoms with Crippen molar-refractivity contribution in [3.05, 3.63) is 57.9 Å². The maximum Gasteiger partial charge on any atom is 0.341 e. The van der Waals surface area contributed by atoms with Gasteiger partial charge in [-0.1, -0.05) is 23.7 Å². The molecule has 2 rings (SSSR count). The predicted octanol–water partition coefficient (Wildman–Crippen LogP) is 3.87. The lowest BCUT2D eigenvalue weighted by Crippen LogP contribution is -2.07. The van der Waals surface area contributed by atoms with Gasteiger partial charge in [-0.25, -0.2) is 9.18 Å². The number of hydrogen-bond acceptors (Lipinski definition) is 4. The first-order chi connectivity index (χ1) is 11.0. The number of rotatable bonds is 5. The zero-order chi connectivity index (χ0) is 17.0. The van der Waals surface area contributed by atoms with Gasteiger partial charge in [0.25, 0.3) is 0 Å². The molecule has 2 aromatic rings. The summed E-state index contributed by atoms with van der Waals surface area (Å²) in [5.74, 6) is -0.234. The van der Waals surface area contributed by atoms with E-state index in [4.69, 9.17) is 25.8 Å². The number of carbonyl (C=O) groups is 1. The van der Waals surface area contributed by atoms with Gasteiger partial charge in [-0.3, -0.25) is 0 Å². The third-order valence-corrected chi connectivity index (χ3v) is 3.71. The molecule has 0 atom stereocenters. The third-order valence-electron chi connectivity index (χ3n) is 3.42. The Kier molecular flexibility index (Phi) is 5.45. The van der Waals surface area contributed by atoms with Crippen LogP contribution < -0.4 is 9.47 Å². The number of ether oxygens (including phenoxy) is 3. The highest BCUT2D eigenvalue weighted by Crippen LogP contribution is 2.32. The highest BCUT2D eigenvalue weighted by atomic mass is 35.5. The summed E-state index contributed by atoms with van der Waals surface area (Å²) >= 11 is 5.81. The summed E-state index contributed by atoms with van der Waals surface area (Å²) in [6, 6.07) is 7.92. The highest BCUT2D eigenvalue weighted by Gasteiger charge is 2.19. The monoisotopic (exact) mass is 338 g/mol. The topological polar surface area (TPSA) is 44.8 Å². The van der Waals surface area contributed by atoms with Crippen molar-refractivity contribution in [3.8, 4) is 11.5 Å². The Bertz CT molecular complexity index is 731. The van der Waals surface area contributed by atoms with Crippen molar-refractivity contribution in [1.29, 1.82) is 0 Å². The van der Waals surface area contributed by atoms with Crippen molar-refractivity contribution >= 4 is 17.6 Å². The molecule has 4 nitrogen and oxygen atoms in total. The van der Waals surface area contributed by atoms with E-state index >= 15 is 0 Å². The standard InChI is InChI=1S/C17H16ClFO4/c1-21-14-9-15(22-2)12(17(20)23-3)8-11(14)7-10-5-4-6-13(18)16(10)19/h4-6,8-9H,7H2,1-3H3. The lowest BCUT2D eigenvalue weighted by molar-refractivity contribution is 0.0597. The van der Waals surface area contributed by atoms with Gasteiger partial charge in [0.1, 0.15) is 22.9 Å². The second-order valence-electron chi connectivity index (χ2n) is 4.75. The van der Waals surface area contributed by atoms with Gasteiger partial charge in [-0.2, -0.15) is 0 Å². The summed E-state index contributed by atoms with van der Waals surface area (Å²) < 4.78 is 29.3. The first kappa shape index (κ1) is 17.1. The SMILES string of the molecule is COC(=O)c1cc(Cc2cccc(Cl)c2F)c(OC)cc1OC. The van der Waals surface area contributed by atoms with Crippen LogP contribution in [0.3, 0.4) is 0 Å². The van der Waals surface area contributed by atoms with Crippen LogP contribution in [0.5, 0.6) is 11.5 Å². The molecule has 0 aliphatic rings. The van der Waals surface area contributed by atoms with Crippen LogP contribution in [-0.2, 0) is 11.2 Å². The van der Waals surface area contributed by atoms with Crippen molar-refractivity contribution in [2.45, 2.75) is 6.42 Å². The molecule has 0 radical (unpaired) electrons. The van der Waals surface area contributed by atoms with Gasteiger partial charge in [-0.15, -0.1) is 0 Å². The van der Waals surface area contributed by atoms with E-state index in [0.717, 1.165) is 0 Å². The molecule has 0 saturated heterocycles. The van der Waals surface area contributed by atoms with Crippen molar-refractivity contribution in [1.82, 2.24) is 0 Å². The maximum absolute atomic E-state index is 14.1. The molecule has 0 heterocycles. The number of halogens is 2. The minimum Gasteiger partial charge on any atom is -0.496 e. The fourth-order valence-electron chi connectivity index (χ4n) is 2.26. The Labute approximate surface area is 138 Å². The molecule has 0 aliphatic heterocycles. The third kappa shape index (κ3) is 3.56.